The minimum atomic E-state index is -4.40. The van der Waals surface area contributed by atoms with Crippen molar-refractivity contribution in [3.63, 3.8) is 0 Å². The number of rotatable bonds is 4. The van der Waals surface area contributed by atoms with Crippen LogP contribution in [0.3, 0.4) is 0 Å². The first-order valence-electron chi connectivity index (χ1n) is 10.0. The maximum Gasteiger partial charge on any atom is 0.416 e. The zero-order valence-corrected chi connectivity index (χ0v) is 18.6. The lowest BCUT2D eigenvalue weighted by Crippen LogP contribution is -2.70. The van der Waals surface area contributed by atoms with Crippen molar-refractivity contribution >= 4 is 44.6 Å². The van der Waals surface area contributed by atoms with Crippen LogP contribution in [0.25, 0.3) is 10.1 Å². The van der Waals surface area contributed by atoms with Crippen molar-refractivity contribution in [2.75, 3.05) is 33.2 Å². The van der Waals surface area contributed by atoms with Crippen LogP contribution in [0.15, 0.2) is 35.8 Å². The molecule has 2 aliphatic rings. The number of hydrogen-bond acceptors (Lipinski definition) is 6. The fraction of sp³-hybridized carbons (Fsp3) is 0.381. The van der Waals surface area contributed by atoms with Crippen molar-refractivity contribution in [3.05, 3.63) is 51.3 Å². The summed E-state index contributed by atoms with van der Waals surface area (Å²) in [6.07, 6.45) is -2.79. The second-order valence-corrected chi connectivity index (χ2v) is 10.1. The molecule has 0 aliphatic carbocycles. The van der Waals surface area contributed by atoms with Crippen LogP contribution >= 0.6 is 22.7 Å². The lowest BCUT2D eigenvalue weighted by molar-refractivity contribution is -0.137. The van der Waals surface area contributed by atoms with Gasteiger partial charge in [-0.25, -0.2) is 4.98 Å². The van der Waals surface area contributed by atoms with E-state index < -0.39 is 11.7 Å². The average molecular weight is 481 g/mol. The van der Waals surface area contributed by atoms with Crippen LogP contribution in [-0.2, 0) is 6.18 Å². The number of alkyl halides is 3. The van der Waals surface area contributed by atoms with Crippen molar-refractivity contribution in [2.45, 2.75) is 18.3 Å². The van der Waals surface area contributed by atoms with E-state index in [4.69, 9.17) is 0 Å². The molecule has 0 unspecified atom stereocenters. The minimum Gasteiger partial charge on any atom is -0.335 e. The molecule has 0 spiro atoms. The number of thiazole rings is 1. The van der Waals surface area contributed by atoms with E-state index in [2.05, 4.69) is 9.88 Å². The molecule has 3 aromatic rings. The van der Waals surface area contributed by atoms with Crippen LogP contribution in [0.2, 0.25) is 0 Å². The van der Waals surface area contributed by atoms with Gasteiger partial charge in [-0.15, -0.1) is 22.7 Å². The molecule has 2 fully saturated rings. The molecule has 0 bridgehead atoms. The molecule has 2 aromatic heterocycles. The van der Waals surface area contributed by atoms with E-state index in [1.165, 1.54) is 17.4 Å². The normalized spacial score (nSPS) is 17.9. The Kier molecular flexibility index (Phi) is 5.22. The van der Waals surface area contributed by atoms with Crippen LogP contribution in [0.4, 0.5) is 13.2 Å². The van der Waals surface area contributed by atoms with Gasteiger partial charge in [0.1, 0.15) is 0 Å². The number of fused-ring (bicyclic) bond motifs is 1. The van der Waals surface area contributed by atoms with E-state index >= 15 is 0 Å². The van der Waals surface area contributed by atoms with Gasteiger partial charge in [-0.1, -0.05) is 6.07 Å². The van der Waals surface area contributed by atoms with Gasteiger partial charge in [0.05, 0.1) is 16.5 Å². The fourth-order valence-corrected chi connectivity index (χ4v) is 5.68. The zero-order chi connectivity index (χ0) is 22.6. The van der Waals surface area contributed by atoms with E-state index in [-0.39, 0.29) is 23.9 Å². The summed E-state index contributed by atoms with van der Waals surface area (Å²) in [5, 5.41) is 2.90. The Hall–Kier alpha value is -2.50. The van der Waals surface area contributed by atoms with E-state index in [0.29, 0.717) is 33.1 Å². The minimum absolute atomic E-state index is 0.0755. The van der Waals surface area contributed by atoms with Gasteiger partial charge in [0.2, 0.25) is 0 Å². The molecule has 2 amide bonds. The Balaban J connectivity index is 1.15. The molecule has 2 saturated heterocycles. The Morgan fingerprint density at radius 2 is 1.91 bits per heavy atom. The first-order valence-corrected chi connectivity index (χ1v) is 11.7. The number of halogens is 3. The lowest BCUT2D eigenvalue weighted by atomic mass is 9.98. The largest absolute Gasteiger partial charge is 0.416 e. The van der Waals surface area contributed by atoms with Gasteiger partial charge < -0.3 is 9.80 Å². The summed E-state index contributed by atoms with van der Waals surface area (Å²) in [6, 6.07) is 5.58. The quantitative estimate of drug-likeness (QED) is 0.572. The van der Waals surface area contributed by atoms with Gasteiger partial charge in [0.25, 0.3) is 11.8 Å². The molecule has 2 aliphatic heterocycles. The number of carbonyl (C=O) groups is 2. The number of nitrogens with zero attached hydrogens (tertiary/aromatic N) is 4. The van der Waals surface area contributed by atoms with Crippen LogP contribution in [0, 0.1) is 0 Å². The smallest absolute Gasteiger partial charge is 0.335 e. The molecule has 6 nitrogen and oxygen atoms in total. The molecular formula is C21H19F3N4O2S2. The van der Waals surface area contributed by atoms with Crippen molar-refractivity contribution in [3.8, 4) is 0 Å². The molecule has 1 aromatic carbocycles. The number of likely N-dealkylation sites (N-methyl/N-ethyl adjacent to an activating group) is 1. The third-order valence-electron chi connectivity index (χ3n) is 6.10. The molecule has 11 heteroatoms. The highest BCUT2D eigenvalue weighted by molar-refractivity contribution is 7.20. The third-order valence-corrected chi connectivity index (χ3v) is 7.94. The highest BCUT2D eigenvalue weighted by Crippen LogP contribution is 2.35. The van der Waals surface area contributed by atoms with E-state index in [0.717, 1.165) is 36.6 Å². The standard InChI is InChI=1S/C21H19F3N4O2S2/c1-26(20(30)18-25-4-5-31-18)14-8-27(9-14)15-10-28(11-15)19(29)17-6-12-2-3-13(21(22,23)24)7-16(12)32-17/h2-7,14-15H,8-11H2,1H3. The lowest BCUT2D eigenvalue weighted by Gasteiger charge is -2.53. The van der Waals surface area contributed by atoms with Crippen molar-refractivity contribution in [2.24, 2.45) is 0 Å². The van der Waals surface area contributed by atoms with Crippen molar-refractivity contribution < 1.29 is 22.8 Å². The maximum atomic E-state index is 12.9. The monoisotopic (exact) mass is 480 g/mol. The summed E-state index contributed by atoms with van der Waals surface area (Å²) in [5.41, 5.74) is -0.708. The molecule has 0 radical (unpaired) electrons. The van der Waals surface area contributed by atoms with E-state index in [9.17, 15) is 22.8 Å². The average Bonchev–Trinajstić information content (AvgIpc) is 3.35. The number of thiophene rings is 1. The SMILES string of the molecule is CN(C(=O)c1nccs1)C1CN(C2CN(C(=O)c3cc4ccc(C(F)(F)F)cc4s3)C2)C1. The Morgan fingerprint density at radius 3 is 2.56 bits per heavy atom. The van der Waals surface area contributed by atoms with Gasteiger partial charge in [-0.05, 0) is 23.6 Å². The van der Waals surface area contributed by atoms with Crippen LogP contribution < -0.4 is 0 Å². The fourth-order valence-electron chi connectivity index (χ4n) is 4.00. The van der Waals surface area contributed by atoms with Crippen molar-refractivity contribution in [1.29, 1.82) is 0 Å². The Labute approximate surface area is 189 Å². The summed E-state index contributed by atoms with van der Waals surface area (Å²) in [4.78, 5) is 35.4. The van der Waals surface area contributed by atoms with Gasteiger partial charge in [0.15, 0.2) is 5.01 Å². The zero-order valence-electron chi connectivity index (χ0n) is 17.0. The molecule has 0 atom stereocenters. The molecule has 0 saturated carbocycles. The Morgan fingerprint density at radius 1 is 1.16 bits per heavy atom. The van der Waals surface area contributed by atoms with Crippen molar-refractivity contribution in [1.82, 2.24) is 19.7 Å². The third kappa shape index (κ3) is 3.78. The van der Waals surface area contributed by atoms with E-state index in [1.807, 2.05) is 0 Å². The summed E-state index contributed by atoms with van der Waals surface area (Å²) in [7, 11) is 1.79. The second-order valence-electron chi connectivity index (χ2n) is 8.09. The number of amides is 2. The molecule has 32 heavy (non-hydrogen) atoms. The predicted octanol–water partition coefficient (Wildman–Crippen LogP) is 3.66. The van der Waals surface area contributed by atoms with Gasteiger partial charge in [0, 0.05) is 55.5 Å². The highest BCUT2D eigenvalue weighted by Gasteiger charge is 2.43. The predicted molar refractivity (Wildman–Crippen MR) is 116 cm³/mol. The summed E-state index contributed by atoms with van der Waals surface area (Å²) < 4.78 is 39.2. The van der Waals surface area contributed by atoms with Gasteiger partial charge >= 0.3 is 6.18 Å². The molecule has 4 heterocycles. The Bertz CT molecular complexity index is 1170. The van der Waals surface area contributed by atoms with E-state index in [1.54, 1.807) is 34.5 Å². The molecule has 0 N–H and O–H groups in total. The van der Waals surface area contributed by atoms with Gasteiger partial charge in [-0.2, -0.15) is 13.2 Å². The number of carbonyl (C=O) groups excluding carboxylic acids is 2. The van der Waals surface area contributed by atoms with Crippen LogP contribution in [0.1, 0.15) is 25.0 Å². The number of hydrogen-bond donors (Lipinski definition) is 0. The highest BCUT2D eigenvalue weighted by atomic mass is 32.1. The summed E-state index contributed by atoms with van der Waals surface area (Å²) in [6.45, 7) is 2.67. The second kappa shape index (κ2) is 7.82. The first-order chi connectivity index (χ1) is 15.2. The van der Waals surface area contributed by atoms with Crippen LogP contribution in [0.5, 0.6) is 0 Å². The summed E-state index contributed by atoms with van der Waals surface area (Å²) in [5.74, 6) is -0.224. The molecule has 168 valence electrons. The number of likely N-dealkylation sites (tertiary alicyclic amines) is 2. The summed E-state index contributed by atoms with van der Waals surface area (Å²) >= 11 is 2.42. The topological polar surface area (TPSA) is 56.8 Å². The molecular weight excluding hydrogens is 461 g/mol. The first kappa shape index (κ1) is 21.4. The number of aromatic nitrogens is 1. The maximum absolute atomic E-state index is 12.9. The molecule has 5 rings (SSSR count). The number of benzene rings is 1. The van der Waals surface area contributed by atoms with Gasteiger partial charge in [-0.3, -0.25) is 14.5 Å². The van der Waals surface area contributed by atoms with Crippen LogP contribution in [-0.4, -0.2) is 76.8 Å².